The maximum Gasteiger partial charge on any atom is 0.338 e. The summed E-state index contributed by atoms with van der Waals surface area (Å²) in [6.07, 6.45) is 0.672. The summed E-state index contributed by atoms with van der Waals surface area (Å²) in [6.45, 7) is 2.53. The van der Waals surface area contributed by atoms with E-state index in [1.54, 1.807) is 22.9 Å². The van der Waals surface area contributed by atoms with Gasteiger partial charge in [-0.15, -0.1) is 5.10 Å². The molecule has 25 heavy (non-hydrogen) atoms. The molecule has 0 spiro atoms. The maximum absolute atomic E-state index is 12.0. The number of carbonyl (C=O) groups excluding carboxylic acids is 3. The van der Waals surface area contributed by atoms with Crippen LogP contribution >= 0.6 is 0 Å². The number of methoxy groups -OCH3 is 1. The Hall–Kier alpha value is -2.97. The van der Waals surface area contributed by atoms with Crippen molar-refractivity contribution in [1.82, 2.24) is 20.3 Å². The topological polar surface area (TPSA) is 112 Å². The van der Waals surface area contributed by atoms with Gasteiger partial charge in [0.05, 0.1) is 18.2 Å². The predicted octanol–water partition coefficient (Wildman–Crippen LogP) is 0.677. The van der Waals surface area contributed by atoms with Gasteiger partial charge in [0.25, 0.3) is 5.91 Å². The molecule has 0 aliphatic heterocycles. The van der Waals surface area contributed by atoms with Gasteiger partial charge in [0.15, 0.2) is 6.61 Å². The van der Waals surface area contributed by atoms with Crippen molar-refractivity contribution in [3.63, 3.8) is 0 Å². The Morgan fingerprint density at radius 2 is 2.08 bits per heavy atom. The molecule has 0 radical (unpaired) electrons. The molecule has 0 saturated carbocycles. The highest BCUT2D eigenvalue weighted by Crippen LogP contribution is 2.14. The lowest BCUT2D eigenvalue weighted by Gasteiger charge is -2.06. The number of nitrogens with one attached hydrogen (secondary N) is 1. The van der Waals surface area contributed by atoms with Crippen LogP contribution in [0.2, 0.25) is 0 Å². The Labute approximate surface area is 144 Å². The molecule has 0 aliphatic rings. The molecule has 0 unspecified atom stereocenters. The minimum Gasteiger partial charge on any atom is -0.469 e. The minimum atomic E-state index is -0.613. The number of hydrogen-bond acceptors (Lipinski definition) is 7. The van der Waals surface area contributed by atoms with Gasteiger partial charge in [-0.3, -0.25) is 9.59 Å². The summed E-state index contributed by atoms with van der Waals surface area (Å²) < 4.78 is 11.2. The Kier molecular flexibility index (Phi) is 6.44. The smallest absolute Gasteiger partial charge is 0.338 e. The summed E-state index contributed by atoms with van der Waals surface area (Å²) in [5.41, 5.74) is 1.71. The van der Waals surface area contributed by atoms with Gasteiger partial charge in [-0.05, 0) is 31.5 Å². The molecule has 0 aliphatic carbocycles. The number of esters is 2. The van der Waals surface area contributed by atoms with Crippen molar-refractivity contribution < 1.29 is 23.9 Å². The van der Waals surface area contributed by atoms with E-state index in [-0.39, 0.29) is 12.4 Å². The van der Waals surface area contributed by atoms with Gasteiger partial charge < -0.3 is 14.8 Å². The van der Waals surface area contributed by atoms with Crippen LogP contribution in [-0.2, 0) is 25.6 Å². The number of aromatic nitrogens is 3. The number of fused-ring (bicyclic) bond motifs is 1. The highest BCUT2D eigenvalue weighted by molar-refractivity contribution is 5.94. The Morgan fingerprint density at radius 3 is 2.80 bits per heavy atom. The average molecular weight is 348 g/mol. The van der Waals surface area contributed by atoms with E-state index in [1.807, 2.05) is 6.92 Å². The zero-order chi connectivity index (χ0) is 18.2. The van der Waals surface area contributed by atoms with Gasteiger partial charge in [-0.25, -0.2) is 9.48 Å². The Morgan fingerprint density at radius 1 is 1.28 bits per heavy atom. The second-order valence-corrected chi connectivity index (χ2v) is 5.21. The van der Waals surface area contributed by atoms with Crippen LogP contribution in [0.25, 0.3) is 11.0 Å². The van der Waals surface area contributed by atoms with Gasteiger partial charge in [0.1, 0.15) is 5.52 Å². The number of benzene rings is 1. The van der Waals surface area contributed by atoms with Crippen molar-refractivity contribution in [2.75, 3.05) is 20.3 Å². The fourth-order valence-electron chi connectivity index (χ4n) is 2.16. The Balaban J connectivity index is 1.79. The first-order valence-corrected chi connectivity index (χ1v) is 7.89. The van der Waals surface area contributed by atoms with Crippen LogP contribution in [0.4, 0.5) is 0 Å². The SMILES string of the molecule is CCn1nnc2cc(C(=O)OCC(=O)NCCCC(=O)OC)ccc21. The van der Waals surface area contributed by atoms with Crippen LogP contribution < -0.4 is 5.32 Å². The van der Waals surface area contributed by atoms with Crippen molar-refractivity contribution in [2.24, 2.45) is 0 Å². The van der Waals surface area contributed by atoms with Crippen LogP contribution in [0.15, 0.2) is 18.2 Å². The molecular formula is C16H20N4O5. The molecule has 134 valence electrons. The molecule has 1 heterocycles. The normalized spacial score (nSPS) is 10.5. The highest BCUT2D eigenvalue weighted by Gasteiger charge is 2.13. The summed E-state index contributed by atoms with van der Waals surface area (Å²) >= 11 is 0. The summed E-state index contributed by atoms with van der Waals surface area (Å²) in [4.78, 5) is 34.6. The van der Waals surface area contributed by atoms with Crippen LogP contribution in [0.5, 0.6) is 0 Å². The lowest BCUT2D eigenvalue weighted by Crippen LogP contribution is -2.29. The maximum atomic E-state index is 12.0. The summed E-state index contributed by atoms with van der Waals surface area (Å²) in [6, 6.07) is 4.92. The summed E-state index contributed by atoms with van der Waals surface area (Å²) in [5.74, 6) is -1.38. The number of aryl methyl sites for hydroxylation is 1. The van der Waals surface area contributed by atoms with E-state index in [1.165, 1.54) is 7.11 Å². The average Bonchev–Trinajstić information content (AvgIpc) is 3.05. The van der Waals surface area contributed by atoms with Crippen molar-refractivity contribution >= 4 is 28.9 Å². The third-order valence-corrected chi connectivity index (χ3v) is 3.49. The Bertz CT molecular complexity index is 771. The first-order chi connectivity index (χ1) is 12.0. The molecule has 0 atom stereocenters. The van der Waals surface area contributed by atoms with Gasteiger partial charge in [-0.1, -0.05) is 5.21 Å². The molecule has 0 bridgehead atoms. The van der Waals surface area contributed by atoms with Crippen molar-refractivity contribution in [1.29, 1.82) is 0 Å². The van der Waals surface area contributed by atoms with E-state index in [0.717, 1.165) is 5.52 Å². The number of hydrogen-bond donors (Lipinski definition) is 1. The van der Waals surface area contributed by atoms with Crippen molar-refractivity contribution in [3.8, 4) is 0 Å². The number of rotatable bonds is 8. The van der Waals surface area contributed by atoms with Gasteiger partial charge >= 0.3 is 11.9 Å². The van der Waals surface area contributed by atoms with Gasteiger partial charge in [0.2, 0.25) is 0 Å². The lowest BCUT2D eigenvalue weighted by atomic mass is 10.2. The quantitative estimate of drug-likeness (QED) is 0.551. The molecule has 1 amide bonds. The van der Waals surface area contributed by atoms with Gasteiger partial charge in [-0.2, -0.15) is 0 Å². The molecule has 2 rings (SSSR count). The van der Waals surface area contributed by atoms with Crippen LogP contribution in [0, 0.1) is 0 Å². The first-order valence-electron chi connectivity index (χ1n) is 7.89. The fourth-order valence-corrected chi connectivity index (χ4v) is 2.16. The minimum absolute atomic E-state index is 0.217. The monoisotopic (exact) mass is 348 g/mol. The van der Waals surface area contributed by atoms with Crippen molar-refractivity contribution in [2.45, 2.75) is 26.3 Å². The van der Waals surface area contributed by atoms with Crippen LogP contribution in [0.3, 0.4) is 0 Å². The summed E-state index contributed by atoms with van der Waals surface area (Å²) in [5, 5.41) is 10.5. The second-order valence-electron chi connectivity index (χ2n) is 5.21. The van der Waals surface area contributed by atoms with Crippen molar-refractivity contribution in [3.05, 3.63) is 23.8 Å². The number of ether oxygens (including phenoxy) is 2. The number of nitrogens with zero attached hydrogens (tertiary/aromatic N) is 3. The molecule has 9 heteroatoms. The molecule has 0 saturated heterocycles. The first kappa shape index (κ1) is 18.4. The zero-order valence-electron chi connectivity index (χ0n) is 14.2. The van der Waals surface area contributed by atoms with E-state index < -0.39 is 18.5 Å². The van der Waals surface area contributed by atoms with Crippen LogP contribution in [-0.4, -0.2) is 53.1 Å². The molecule has 9 nitrogen and oxygen atoms in total. The van der Waals surface area contributed by atoms with E-state index >= 15 is 0 Å². The van der Waals surface area contributed by atoms with E-state index in [9.17, 15) is 14.4 Å². The molecule has 1 N–H and O–H groups in total. The number of amides is 1. The molecule has 2 aromatic rings. The highest BCUT2D eigenvalue weighted by atomic mass is 16.5. The third kappa shape index (κ3) is 5.00. The third-order valence-electron chi connectivity index (χ3n) is 3.49. The molecule has 1 aromatic carbocycles. The van der Waals surface area contributed by atoms with Gasteiger partial charge in [0, 0.05) is 19.5 Å². The van der Waals surface area contributed by atoms with E-state index in [0.29, 0.717) is 30.6 Å². The van der Waals surface area contributed by atoms with E-state index in [2.05, 4.69) is 20.4 Å². The van der Waals surface area contributed by atoms with Crippen LogP contribution in [0.1, 0.15) is 30.1 Å². The molecular weight excluding hydrogens is 328 g/mol. The largest absolute Gasteiger partial charge is 0.469 e. The molecule has 1 aromatic heterocycles. The second kappa shape index (κ2) is 8.76. The predicted molar refractivity (Wildman–Crippen MR) is 87.7 cm³/mol. The molecule has 0 fully saturated rings. The lowest BCUT2D eigenvalue weighted by molar-refractivity contribution is -0.140. The fraction of sp³-hybridized carbons (Fsp3) is 0.438. The standard InChI is InChI=1S/C16H20N4O5/c1-3-20-13-7-6-11(9-12(13)18-19-20)16(23)25-10-14(21)17-8-4-5-15(22)24-2/h6-7,9H,3-5,8,10H2,1-2H3,(H,17,21). The van der Waals surface area contributed by atoms with E-state index in [4.69, 9.17) is 4.74 Å². The zero-order valence-corrected chi connectivity index (χ0v) is 14.2. The number of carbonyl (C=O) groups is 3. The summed E-state index contributed by atoms with van der Waals surface area (Å²) in [7, 11) is 1.31.